The van der Waals surface area contributed by atoms with E-state index in [1.165, 1.54) is 0 Å². The highest BCUT2D eigenvalue weighted by atomic mass is 16.5. The van der Waals surface area contributed by atoms with Crippen LogP contribution in [0.4, 0.5) is 10.5 Å². The summed E-state index contributed by atoms with van der Waals surface area (Å²) in [6.45, 7) is 5.02. The quantitative estimate of drug-likeness (QED) is 0.797. The zero-order valence-electron chi connectivity index (χ0n) is 9.04. The number of carbonyl (C=O) groups is 1. The second-order valence-electron chi connectivity index (χ2n) is 2.95. The molecule has 2 N–H and O–H groups in total. The highest BCUT2D eigenvalue weighted by Crippen LogP contribution is 2.16. The summed E-state index contributed by atoms with van der Waals surface area (Å²) >= 11 is 0. The Morgan fingerprint density at radius 1 is 1.40 bits per heavy atom. The number of hydrogen-bond donors (Lipinski definition) is 2. The van der Waals surface area contributed by atoms with Crippen molar-refractivity contribution in [3.05, 3.63) is 24.3 Å². The highest BCUT2D eigenvalue weighted by molar-refractivity contribution is 5.89. The summed E-state index contributed by atoms with van der Waals surface area (Å²) in [7, 11) is 0. The van der Waals surface area contributed by atoms with Crippen molar-refractivity contribution in [2.24, 2.45) is 0 Å². The van der Waals surface area contributed by atoms with Crippen LogP contribution in [0, 0.1) is 0 Å². The van der Waals surface area contributed by atoms with Crippen molar-refractivity contribution >= 4 is 11.7 Å². The van der Waals surface area contributed by atoms with E-state index < -0.39 is 0 Å². The lowest BCUT2D eigenvalue weighted by molar-refractivity contribution is 0.252. The van der Waals surface area contributed by atoms with Crippen LogP contribution in [0.5, 0.6) is 5.75 Å². The molecule has 0 aliphatic heterocycles. The van der Waals surface area contributed by atoms with Gasteiger partial charge >= 0.3 is 6.03 Å². The molecular formula is C11H16N2O2. The number of hydrogen-bond acceptors (Lipinski definition) is 2. The first-order chi connectivity index (χ1) is 7.26. The molecule has 2 amide bonds. The summed E-state index contributed by atoms with van der Waals surface area (Å²) in [6, 6.07) is 7.10. The molecule has 4 heteroatoms. The summed E-state index contributed by atoms with van der Waals surface area (Å²) in [5.41, 5.74) is 0.729. The molecule has 0 bridgehead atoms. The second kappa shape index (κ2) is 5.90. The molecule has 0 unspecified atom stereocenters. The van der Waals surface area contributed by atoms with E-state index in [2.05, 4.69) is 10.6 Å². The van der Waals surface area contributed by atoms with Gasteiger partial charge in [-0.2, -0.15) is 0 Å². The van der Waals surface area contributed by atoms with Crippen molar-refractivity contribution in [1.82, 2.24) is 5.32 Å². The summed E-state index contributed by atoms with van der Waals surface area (Å²) < 4.78 is 5.32. The number of amides is 2. The number of carbonyl (C=O) groups excluding carboxylic acids is 1. The summed E-state index contributed by atoms with van der Waals surface area (Å²) in [6.07, 6.45) is 0. The summed E-state index contributed by atoms with van der Waals surface area (Å²) in [5, 5.41) is 5.37. The third-order valence-corrected chi connectivity index (χ3v) is 1.74. The van der Waals surface area contributed by atoms with Crippen LogP contribution in [-0.4, -0.2) is 19.2 Å². The van der Waals surface area contributed by atoms with Crippen LogP contribution >= 0.6 is 0 Å². The zero-order valence-corrected chi connectivity index (χ0v) is 9.04. The SMILES string of the molecule is CCNC(=O)Nc1cccc(OCC)c1. The fraction of sp³-hybridized carbons (Fsp3) is 0.364. The van der Waals surface area contributed by atoms with E-state index in [1.807, 2.05) is 32.0 Å². The molecule has 0 aliphatic rings. The first-order valence-electron chi connectivity index (χ1n) is 5.04. The molecule has 1 aromatic carbocycles. The monoisotopic (exact) mass is 208 g/mol. The van der Waals surface area contributed by atoms with Crippen molar-refractivity contribution in [3.63, 3.8) is 0 Å². The van der Waals surface area contributed by atoms with E-state index in [9.17, 15) is 4.79 Å². The Morgan fingerprint density at radius 3 is 2.87 bits per heavy atom. The predicted molar refractivity (Wildman–Crippen MR) is 60.3 cm³/mol. The molecule has 15 heavy (non-hydrogen) atoms. The molecule has 82 valence electrons. The van der Waals surface area contributed by atoms with Crippen LogP contribution in [0.3, 0.4) is 0 Å². The summed E-state index contributed by atoms with van der Waals surface area (Å²) in [5.74, 6) is 0.756. The molecule has 0 spiro atoms. The molecule has 0 atom stereocenters. The normalized spacial score (nSPS) is 9.47. The molecule has 0 saturated carbocycles. The average molecular weight is 208 g/mol. The zero-order chi connectivity index (χ0) is 11.1. The van der Waals surface area contributed by atoms with Crippen LogP contribution in [0.25, 0.3) is 0 Å². The molecule has 0 saturated heterocycles. The van der Waals surface area contributed by atoms with E-state index in [-0.39, 0.29) is 6.03 Å². The molecule has 4 nitrogen and oxygen atoms in total. The van der Waals surface area contributed by atoms with Gasteiger partial charge in [0.2, 0.25) is 0 Å². The van der Waals surface area contributed by atoms with Crippen LogP contribution in [0.1, 0.15) is 13.8 Å². The van der Waals surface area contributed by atoms with Gasteiger partial charge in [0.15, 0.2) is 0 Å². The molecular weight excluding hydrogens is 192 g/mol. The lowest BCUT2D eigenvalue weighted by Crippen LogP contribution is -2.28. The number of rotatable bonds is 4. The Balaban J connectivity index is 2.60. The van der Waals surface area contributed by atoms with Gasteiger partial charge in [0, 0.05) is 18.3 Å². The van der Waals surface area contributed by atoms with Crippen molar-refractivity contribution < 1.29 is 9.53 Å². The molecule has 0 fully saturated rings. The number of urea groups is 1. The Labute approximate surface area is 89.6 Å². The second-order valence-corrected chi connectivity index (χ2v) is 2.95. The Hall–Kier alpha value is -1.71. The van der Waals surface area contributed by atoms with Crippen LogP contribution in [0.2, 0.25) is 0 Å². The summed E-state index contributed by atoms with van der Waals surface area (Å²) in [4.78, 5) is 11.2. The first kappa shape index (κ1) is 11.4. The fourth-order valence-electron chi connectivity index (χ4n) is 1.17. The van der Waals surface area contributed by atoms with Crippen LogP contribution in [0.15, 0.2) is 24.3 Å². The molecule has 0 aliphatic carbocycles. The minimum Gasteiger partial charge on any atom is -0.494 e. The van der Waals surface area contributed by atoms with Gasteiger partial charge in [0.05, 0.1) is 6.61 Å². The fourth-order valence-corrected chi connectivity index (χ4v) is 1.17. The molecule has 1 aromatic rings. The smallest absolute Gasteiger partial charge is 0.319 e. The largest absolute Gasteiger partial charge is 0.494 e. The van der Waals surface area contributed by atoms with E-state index in [4.69, 9.17) is 4.74 Å². The minimum atomic E-state index is -0.203. The van der Waals surface area contributed by atoms with E-state index >= 15 is 0 Å². The number of benzene rings is 1. The van der Waals surface area contributed by atoms with Gasteiger partial charge < -0.3 is 15.4 Å². The van der Waals surface area contributed by atoms with Gasteiger partial charge in [-0.1, -0.05) is 6.07 Å². The van der Waals surface area contributed by atoms with Crippen molar-refractivity contribution in [2.45, 2.75) is 13.8 Å². The predicted octanol–water partition coefficient (Wildman–Crippen LogP) is 2.23. The van der Waals surface area contributed by atoms with Gasteiger partial charge in [-0.3, -0.25) is 0 Å². The topological polar surface area (TPSA) is 50.4 Å². The van der Waals surface area contributed by atoms with Crippen molar-refractivity contribution in [3.8, 4) is 5.75 Å². The average Bonchev–Trinajstić information content (AvgIpc) is 2.19. The Bertz CT molecular complexity index is 326. The van der Waals surface area contributed by atoms with Gasteiger partial charge in [-0.05, 0) is 26.0 Å². The standard InChI is InChI=1S/C11H16N2O2/c1-3-12-11(14)13-9-6-5-7-10(8-9)15-4-2/h5-8H,3-4H2,1-2H3,(H2,12,13,14). The minimum absolute atomic E-state index is 0.203. The molecule has 1 rings (SSSR count). The van der Waals surface area contributed by atoms with Crippen LogP contribution in [-0.2, 0) is 0 Å². The van der Waals surface area contributed by atoms with Gasteiger partial charge in [0.1, 0.15) is 5.75 Å². The third kappa shape index (κ3) is 3.89. The lowest BCUT2D eigenvalue weighted by atomic mass is 10.3. The molecule has 0 aromatic heterocycles. The maximum atomic E-state index is 11.2. The van der Waals surface area contributed by atoms with E-state index in [0.717, 1.165) is 11.4 Å². The van der Waals surface area contributed by atoms with E-state index in [1.54, 1.807) is 6.07 Å². The van der Waals surface area contributed by atoms with Crippen molar-refractivity contribution in [1.29, 1.82) is 0 Å². The van der Waals surface area contributed by atoms with E-state index in [0.29, 0.717) is 13.2 Å². The van der Waals surface area contributed by atoms with Crippen LogP contribution < -0.4 is 15.4 Å². The lowest BCUT2D eigenvalue weighted by Gasteiger charge is -2.07. The number of ether oxygens (including phenoxy) is 1. The highest BCUT2D eigenvalue weighted by Gasteiger charge is 2.00. The van der Waals surface area contributed by atoms with Gasteiger partial charge in [-0.25, -0.2) is 4.79 Å². The maximum absolute atomic E-state index is 11.2. The number of nitrogens with one attached hydrogen (secondary N) is 2. The molecule has 0 radical (unpaired) electrons. The first-order valence-corrected chi connectivity index (χ1v) is 5.04. The maximum Gasteiger partial charge on any atom is 0.319 e. The molecule has 0 heterocycles. The van der Waals surface area contributed by atoms with Gasteiger partial charge in [-0.15, -0.1) is 0 Å². The van der Waals surface area contributed by atoms with Crippen molar-refractivity contribution in [2.75, 3.05) is 18.5 Å². The Kier molecular flexibility index (Phi) is 4.47. The third-order valence-electron chi connectivity index (χ3n) is 1.74. The Morgan fingerprint density at radius 2 is 2.20 bits per heavy atom. The number of anilines is 1. The van der Waals surface area contributed by atoms with Gasteiger partial charge in [0.25, 0.3) is 0 Å².